The number of rotatable bonds is 7. The van der Waals surface area contributed by atoms with Crippen molar-refractivity contribution in [3.8, 4) is 0 Å². The van der Waals surface area contributed by atoms with Gasteiger partial charge in [0.25, 0.3) is 5.91 Å². The third kappa shape index (κ3) is 5.21. The molecule has 2 aromatic carbocycles. The van der Waals surface area contributed by atoms with Crippen LogP contribution < -0.4 is 10.2 Å². The minimum absolute atomic E-state index is 0.0417. The van der Waals surface area contributed by atoms with Crippen LogP contribution in [0.5, 0.6) is 0 Å². The molecule has 0 saturated heterocycles. The van der Waals surface area contributed by atoms with Crippen molar-refractivity contribution in [2.75, 3.05) is 36.5 Å². The lowest BCUT2D eigenvalue weighted by molar-refractivity contribution is -0.137. The van der Waals surface area contributed by atoms with Gasteiger partial charge in [0.1, 0.15) is 0 Å². The molecule has 5 nitrogen and oxygen atoms in total. The number of anilines is 2. The zero-order valence-corrected chi connectivity index (χ0v) is 14.8. The Kier molecular flexibility index (Phi) is 6.81. The van der Waals surface area contributed by atoms with Gasteiger partial charge >= 0.3 is 6.18 Å². The van der Waals surface area contributed by atoms with Gasteiger partial charge in [0.05, 0.1) is 30.2 Å². The van der Waals surface area contributed by atoms with Crippen LogP contribution in [0.25, 0.3) is 0 Å². The Labute approximate surface area is 155 Å². The van der Waals surface area contributed by atoms with Crippen LogP contribution >= 0.6 is 0 Å². The van der Waals surface area contributed by atoms with E-state index in [1.54, 1.807) is 31.2 Å². The van der Waals surface area contributed by atoms with Gasteiger partial charge in [-0.1, -0.05) is 18.2 Å². The Morgan fingerprint density at radius 1 is 1.07 bits per heavy atom. The average molecular weight is 382 g/mol. The predicted molar refractivity (Wildman–Crippen MR) is 97.0 cm³/mol. The molecular weight excluding hydrogens is 361 g/mol. The van der Waals surface area contributed by atoms with Crippen LogP contribution in [0.15, 0.2) is 42.5 Å². The van der Waals surface area contributed by atoms with Crippen molar-refractivity contribution < 1.29 is 28.2 Å². The molecule has 0 saturated carbocycles. The van der Waals surface area contributed by atoms with Gasteiger partial charge < -0.3 is 20.4 Å². The van der Waals surface area contributed by atoms with Gasteiger partial charge in [-0.05, 0) is 36.8 Å². The van der Waals surface area contributed by atoms with Crippen LogP contribution in [0.2, 0.25) is 0 Å². The highest BCUT2D eigenvalue weighted by molar-refractivity contribution is 6.06. The lowest BCUT2D eigenvalue weighted by atomic mass is 10.1. The van der Waals surface area contributed by atoms with Gasteiger partial charge in [0.15, 0.2) is 0 Å². The molecule has 3 N–H and O–H groups in total. The van der Waals surface area contributed by atoms with Crippen LogP contribution in [0, 0.1) is 6.92 Å². The van der Waals surface area contributed by atoms with Gasteiger partial charge in [-0.25, -0.2) is 0 Å². The Bertz CT molecular complexity index is 788. The number of carbonyl (C=O) groups excluding carboxylic acids is 1. The van der Waals surface area contributed by atoms with E-state index >= 15 is 0 Å². The molecule has 0 radical (unpaired) electrons. The Morgan fingerprint density at radius 2 is 1.70 bits per heavy atom. The van der Waals surface area contributed by atoms with Crippen molar-refractivity contribution >= 4 is 17.3 Å². The number of aryl methyl sites for hydroxylation is 1. The molecule has 0 bridgehead atoms. The highest BCUT2D eigenvalue weighted by atomic mass is 19.4. The quantitative estimate of drug-likeness (QED) is 0.688. The number of carbonyl (C=O) groups is 1. The minimum Gasteiger partial charge on any atom is -0.395 e. The van der Waals surface area contributed by atoms with Crippen molar-refractivity contribution in [1.82, 2.24) is 0 Å². The molecule has 0 aliphatic rings. The van der Waals surface area contributed by atoms with Crippen molar-refractivity contribution in [3.63, 3.8) is 0 Å². The first-order chi connectivity index (χ1) is 12.8. The van der Waals surface area contributed by atoms with Gasteiger partial charge in [0.2, 0.25) is 0 Å². The topological polar surface area (TPSA) is 72.8 Å². The third-order valence-electron chi connectivity index (χ3n) is 4.04. The summed E-state index contributed by atoms with van der Waals surface area (Å²) in [6.45, 7) is 1.41. The van der Waals surface area contributed by atoms with Gasteiger partial charge in [-0.3, -0.25) is 4.79 Å². The first-order valence-electron chi connectivity index (χ1n) is 8.32. The van der Waals surface area contributed by atoms with E-state index in [4.69, 9.17) is 0 Å². The fraction of sp³-hybridized carbons (Fsp3) is 0.316. The largest absolute Gasteiger partial charge is 0.416 e. The average Bonchev–Trinajstić information content (AvgIpc) is 2.61. The summed E-state index contributed by atoms with van der Waals surface area (Å²) in [5.74, 6) is -0.540. The standard InChI is InChI=1S/C19H21F3N2O3/c1-13-4-2-3-5-15(13)18(27)23-16-12-14(19(20,21)22)6-7-17(16)24(8-10-25)9-11-26/h2-7,12,25-26H,8-11H2,1H3,(H,23,27). The van der Waals surface area contributed by atoms with Crippen molar-refractivity contribution in [2.45, 2.75) is 13.1 Å². The first kappa shape index (κ1) is 20.7. The summed E-state index contributed by atoms with van der Waals surface area (Å²) in [5.41, 5.74) is 0.370. The number of nitrogens with zero attached hydrogens (tertiary/aromatic N) is 1. The SMILES string of the molecule is Cc1ccccc1C(=O)Nc1cc(C(F)(F)F)ccc1N(CCO)CCO. The van der Waals surface area contributed by atoms with Crippen LogP contribution in [0.3, 0.4) is 0 Å². The predicted octanol–water partition coefficient (Wildman–Crippen LogP) is 3.06. The molecule has 0 heterocycles. The van der Waals surface area contributed by atoms with E-state index in [9.17, 15) is 28.2 Å². The first-order valence-corrected chi connectivity index (χ1v) is 8.32. The lowest BCUT2D eigenvalue weighted by Gasteiger charge is -2.26. The molecule has 0 unspecified atom stereocenters. The van der Waals surface area contributed by atoms with E-state index in [1.807, 2.05) is 0 Å². The van der Waals surface area contributed by atoms with E-state index < -0.39 is 17.6 Å². The minimum atomic E-state index is -4.57. The highest BCUT2D eigenvalue weighted by Crippen LogP contribution is 2.35. The molecule has 0 aliphatic heterocycles. The molecule has 0 spiro atoms. The van der Waals surface area contributed by atoms with Crippen LogP contribution in [-0.2, 0) is 6.18 Å². The molecule has 0 fully saturated rings. The van der Waals surface area contributed by atoms with Crippen molar-refractivity contribution in [1.29, 1.82) is 0 Å². The smallest absolute Gasteiger partial charge is 0.395 e. The number of aliphatic hydroxyl groups excluding tert-OH is 2. The van der Waals surface area contributed by atoms with Gasteiger partial charge in [-0.2, -0.15) is 13.2 Å². The molecule has 1 amide bonds. The number of benzene rings is 2. The number of nitrogens with one attached hydrogen (secondary N) is 1. The third-order valence-corrected chi connectivity index (χ3v) is 4.04. The summed E-state index contributed by atoms with van der Waals surface area (Å²) in [6, 6.07) is 9.71. The Balaban J connectivity index is 2.46. The maximum absolute atomic E-state index is 13.1. The number of hydrogen-bond acceptors (Lipinski definition) is 4. The zero-order chi connectivity index (χ0) is 20.0. The van der Waals surface area contributed by atoms with Crippen LogP contribution in [0.1, 0.15) is 21.5 Å². The Hall–Kier alpha value is -2.58. The second-order valence-corrected chi connectivity index (χ2v) is 5.93. The monoisotopic (exact) mass is 382 g/mol. The molecule has 0 atom stereocenters. The summed E-state index contributed by atoms with van der Waals surface area (Å²) < 4.78 is 39.3. The van der Waals surface area contributed by atoms with Crippen LogP contribution in [-0.4, -0.2) is 42.4 Å². The second-order valence-electron chi connectivity index (χ2n) is 5.93. The Morgan fingerprint density at radius 3 is 2.26 bits per heavy atom. The summed E-state index contributed by atoms with van der Waals surface area (Å²) in [7, 11) is 0. The maximum atomic E-state index is 13.1. The normalized spacial score (nSPS) is 11.3. The molecule has 0 aromatic heterocycles. The lowest BCUT2D eigenvalue weighted by Crippen LogP contribution is -2.31. The highest BCUT2D eigenvalue weighted by Gasteiger charge is 2.31. The van der Waals surface area contributed by atoms with Crippen LogP contribution in [0.4, 0.5) is 24.5 Å². The zero-order valence-electron chi connectivity index (χ0n) is 14.8. The number of alkyl halides is 3. The molecule has 8 heteroatoms. The van der Waals surface area contributed by atoms with Crippen molar-refractivity contribution in [3.05, 3.63) is 59.2 Å². The second kappa shape index (κ2) is 8.88. The molecule has 27 heavy (non-hydrogen) atoms. The summed E-state index contributed by atoms with van der Waals surface area (Å²) >= 11 is 0. The number of aliphatic hydroxyl groups is 2. The summed E-state index contributed by atoms with van der Waals surface area (Å²) in [6.07, 6.45) is -4.57. The van der Waals surface area contributed by atoms with Crippen molar-refractivity contribution in [2.24, 2.45) is 0 Å². The maximum Gasteiger partial charge on any atom is 0.416 e. The summed E-state index contributed by atoms with van der Waals surface area (Å²) in [4.78, 5) is 14.1. The number of hydrogen-bond donors (Lipinski definition) is 3. The molecule has 0 aliphatic carbocycles. The van der Waals surface area contributed by atoms with E-state index in [-0.39, 0.29) is 37.7 Å². The number of amides is 1. The van der Waals surface area contributed by atoms with Gasteiger partial charge in [-0.15, -0.1) is 0 Å². The van der Waals surface area contributed by atoms with E-state index in [2.05, 4.69) is 5.32 Å². The van der Waals surface area contributed by atoms with E-state index in [0.717, 1.165) is 12.1 Å². The van der Waals surface area contributed by atoms with Gasteiger partial charge in [0, 0.05) is 18.7 Å². The fourth-order valence-electron chi connectivity index (χ4n) is 2.70. The summed E-state index contributed by atoms with van der Waals surface area (Å²) in [5, 5.41) is 20.9. The molecule has 146 valence electrons. The molecule has 2 aromatic rings. The number of halogens is 3. The van der Waals surface area contributed by atoms with E-state index in [0.29, 0.717) is 11.1 Å². The fourth-order valence-corrected chi connectivity index (χ4v) is 2.70. The molecular formula is C19H21F3N2O3. The van der Waals surface area contributed by atoms with E-state index in [1.165, 1.54) is 11.0 Å². The molecule has 2 rings (SSSR count).